The lowest BCUT2D eigenvalue weighted by Gasteiger charge is -2.09. The Bertz CT molecular complexity index is 592. The quantitative estimate of drug-likeness (QED) is 0.801. The van der Waals surface area contributed by atoms with Crippen LogP contribution in [-0.4, -0.2) is 37.2 Å². The molecule has 0 fully saturated rings. The van der Waals surface area contributed by atoms with Crippen molar-refractivity contribution in [2.45, 2.75) is 31.2 Å². The Kier molecular flexibility index (Phi) is 5.26. The van der Waals surface area contributed by atoms with Crippen molar-refractivity contribution >= 4 is 21.7 Å². The van der Waals surface area contributed by atoms with Crippen LogP contribution in [0.15, 0.2) is 29.2 Å². The summed E-state index contributed by atoms with van der Waals surface area (Å²) >= 11 is 0. The standard InChI is InChI=1S/C13H17NO5S/c1-3-20(18,19)11-6-4-10(5-7-11)8-12(15)14-9(2)13(16)17/h4-7,9H,3,8H2,1-2H3,(H,14,15)(H,16,17)/t9-/m0/s1. The van der Waals surface area contributed by atoms with Crippen molar-refractivity contribution in [2.75, 3.05) is 5.75 Å². The minimum absolute atomic E-state index is 0.00404. The van der Waals surface area contributed by atoms with Crippen molar-refractivity contribution < 1.29 is 23.1 Å². The molecular formula is C13H17NO5S. The summed E-state index contributed by atoms with van der Waals surface area (Å²) in [4.78, 5) is 22.4. The van der Waals surface area contributed by atoms with Gasteiger partial charge >= 0.3 is 5.97 Å². The van der Waals surface area contributed by atoms with E-state index in [4.69, 9.17) is 5.11 Å². The summed E-state index contributed by atoms with van der Waals surface area (Å²) in [7, 11) is -3.25. The zero-order valence-corrected chi connectivity index (χ0v) is 12.1. The molecule has 1 amide bonds. The van der Waals surface area contributed by atoms with Crippen LogP contribution in [0.3, 0.4) is 0 Å². The summed E-state index contributed by atoms with van der Waals surface area (Å²) in [5, 5.41) is 11.0. The fourth-order valence-corrected chi connectivity index (χ4v) is 2.41. The van der Waals surface area contributed by atoms with Gasteiger partial charge in [0.05, 0.1) is 17.1 Å². The maximum Gasteiger partial charge on any atom is 0.325 e. The maximum absolute atomic E-state index is 11.6. The summed E-state index contributed by atoms with van der Waals surface area (Å²) < 4.78 is 23.2. The van der Waals surface area contributed by atoms with Gasteiger partial charge in [0.1, 0.15) is 6.04 Å². The van der Waals surface area contributed by atoms with Gasteiger partial charge in [0, 0.05) is 0 Å². The Morgan fingerprint density at radius 1 is 1.25 bits per heavy atom. The number of nitrogens with one attached hydrogen (secondary N) is 1. The molecule has 0 heterocycles. The van der Waals surface area contributed by atoms with E-state index in [2.05, 4.69) is 5.32 Å². The Morgan fingerprint density at radius 3 is 2.25 bits per heavy atom. The number of hydrogen-bond acceptors (Lipinski definition) is 4. The van der Waals surface area contributed by atoms with Crippen molar-refractivity contribution in [1.82, 2.24) is 5.32 Å². The fraction of sp³-hybridized carbons (Fsp3) is 0.385. The highest BCUT2D eigenvalue weighted by Crippen LogP contribution is 2.12. The number of rotatable bonds is 6. The molecule has 110 valence electrons. The van der Waals surface area contributed by atoms with Gasteiger partial charge in [0.2, 0.25) is 5.91 Å². The third-order valence-corrected chi connectivity index (χ3v) is 4.53. The van der Waals surface area contributed by atoms with E-state index in [0.717, 1.165) is 0 Å². The van der Waals surface area contributed by atoms with E-state index in [-0.39, 0.29) is 17.1 Å². The molecule has 1 aromatic carbocycles. The third kappa shape index (κ3) is 4.34. The van der Waals surface area contributed by atoms with E-state index in [0.29, 0.717) is 5.56 Å². The number of sulfone groups is 1. The van der Waals surface area contributed by atoms with Gasteiger partial charge in [-0.15, -0.1) is 0 Å². The molecule has 1 rings (SSSR count). The molecule has 0 spiro atoms. The van der Waals surface area contributed by atoms with Crippen LogP contribution < -0.4 is 5.32 Å². The number of carboxylic acid groups (broad SMARTS) is 1. The number of carbonyl (C=O) groups excluding carboxylic acids is 1. The molecule has 2 N–H and O–H groups in total. The molecular weight excluding hydrogens is 282 g/mol. The molecule has 0 saturated heterocycles. The first-order valence-electron chi connectivity index (χ1n) is 6.10. The van der Waals surface area contributed by atoms with Gasteiger partial charge in [0.25, 0.3) is 0 Å². The van der Waals surface area contributed by atoms with Crippen LogP contribution in [0.2, 0.25) is 0 Å². The number of aliphatic carboxylic acids is 1. The Morgan fingerprint density at radius 2 is 1.80 bits per heavy atom. The van der Waals surface area contributed by atoms with Crippen molar-refractivity contribution in [1.29, 1.82) is 0 Å². The summed E-state index contributed by atoms with van der Waals surface area (Å²) in [6, 6.07) is 5.04. The lowest BCUT2D eigenvalue weighted by Crippen LogP contribution is -2.39. The second-order valence-electron chi connectivity index (χ2n) is 4.35. The molecule has 0 aliphatic carbocycles. The van der Waals surface area contributed by atoms with Crippen LogP contribution in [0.1, 0.15) is 19.4 Å². The second-order valence-corrected chi connectivity index (χ2v) is 6.63. The molecule has 7 heteroatoms. The molecule has 0 saturated carbocycles. The normalized spacial score (nSPS) is 12.7. The van der Waals surface area contributed by atoms with Gasteiger partial charge in [0.15, 0.2) is 9.84 Å². The number of carboxylic acids is 1. The largest absolute Gasteiger partial charge is 0.480 e. The van der Waals surface area contributed by atoms with Gasteiger partial charge in [-0.25, -0.2) is 8.42 Å². The van der Waals surface area contributed by atoms with Gasteiger partial charge in [-0.2, -0.15) is 0 Å². The lowest BCUT2D eigenvalue weighted by atomic mass is 10.1. The van der Waals surface area contributed by atoms with E-state index in [1.165, 1.54) is 19.1 Å². The van der Waals surface area contributed by atoms with E-state index < -0.39 is 27.8 Å². The summed E-state index contributed by atoms with van der Waals surface area (Å²) in [5.41, 5.74) is 0.621. The van der Waals surface area contributed by atoms with E-state index in [9.17, 15) is 18.0 Å². The predicted molar refractivity (Wildman–Crippen MR) is 73.1 cm³/mol. The minimum Gasteiger partial charge on any atom is -0.480 e. The Labute approximate surface area is 117 Å². The summed E-state index contributed by atoms with van der Waals surface area (Å²) in [6.45, 7) is 2.93. The number of amides is 1. The maximum atomic E-state index is 11.6. The summed E-state index contributed by atoms with van der Waals surface area (Å²) in [5.74, 6) is -1.52. The lowest BCUT2D eigenvalue weighted by molar-refractivity contribution is -0.141. The minimum atomic E-state index is -3.25. The molecule has 0 unspecified atom stereocenters. The van der Waals surface area contributed by atoms with Crippen molar-refractivity contribution in [3.05, 3.63) is 29.8 Å². The average molecular weight is 299 g/mol. The average Bonchev–Trinajstić information content (AvgIpc) is 2.39. The first-order chi connectivity index (χ1) is 9.26. The SMILES string of the molecule is CCS(=O)(=O)c1ccc(CC(=O)N[C@@H](C)C(=O)O)cc1. The Balaban J connectivity index is 2.71. The van der Waals surface area contributed by atoms with Gasteiger partial charge in [-0.3, -0.25) is 9.59 Å². The smallest absolute Gasteiger partial charge is 0.325 e. The highest BCUT2D eigenvalue weighted by Gasteiger charge is 2.15. The number of carbonyl (C=O) groups is 2. The van der Waals surface area contributed by atoms with Crippen LogP contribution in [0.4, 0.5) is 0 Å². The number of hydrogen-bond donors (Lipinski definition) is 2. The zero-order valence-electron chi connectivity index (χ0n) is 11.3. The van der Waals surface area contributed by atoms with Gasteiger partial charge in [-0.1, -0.05) is 19.1 Å². The van der Waals surface area contributed by atoms with Crippen LogP contribution in [-0.2, 0) is 25.8 Å². The molecule has 20 heavy (non-hydrogen) atoms. The fourth-order valence-electron chi connectivity index (χ4n) is 1.52. The molecule has 0 radical (unpaired) electrons. The van der Waals surface area contributed by atoms with Gasteiger partial charge < -0.3 is 10.4 Å². The molecule has 0 aromatic heterocycles. The second kappa shape index (κ2) is 6.51. The van der Waals surface area contributed by atoms with E-state index in [1.807, 2.05) is 0 Å². The first-order valence-corrected chi connectivity index (χ1v) is 7.75. The topological polar surface area (TPSA) is 101 Å². The van der Waals surface area contributed by atoms with Crippen molar-refractivity contribution in [3.8, 4) is 0 Å². The zero-order chi connectivity index (χ0) is 15.3. The van der Waals surface area contributed by atoms with Crippen LogP contribution >= 0.6 is 0 Å². The van der Waals surface area contributed by atoms with Crippen molar-refractivity contribution in [3.63, 3.8) is 0 Å². The van der Waals surface area contributed by atoms with Crippen molar-refractivity contribution in [2.24, 2.45) is 0 Å². The molecule has 0 aliphatic rings. The van der Waals surface area contributed by atoms with Crippen LogP contribution in [0.25, 0.3) is 0 Å². The van der Waals surface area contributed by atoms with E-state index >= 15 is 0 Å². The highest BCUT2D eigenvalue weighted by molar-refractivity contribution is 7.91. The third-order valence-electron chi connectivity index (χ3n) is 2.78. The molecule has 0 aliphatic heterocycles. The monoisotopic (exact) mass is 299 g/mol. The van der Waals surface area contributed by atoms with Crippen LogP contribution in [0.5, 0.6) is 0 Å². The highest BCUT2D eigenvalue weighted by atomic mass is 32.2. The predicted octanol–water partition coefficient (Wildman–Crippen LogP) is 0.612. The molecule has 0 bridgehead atoms. The Hall–Kier alpha value is -1.89. The van der Waals surface area contributed by atoms with Gasteiger partial charge in [-0.05, 0) is 24.6 Å². The molecule has 1 aromatic rings. The van der Waals surface area contributed by atoms with Crippen LogP contribution in [0, 0.1) is 0 Å². The number of benzene rings is 1. The molecule has 1 atom stereocenters. The molecule has 6 nitrogen and oxygen atoms in total. The first kappa shape index (κ1) is 16.2. The van der Waals surface area contributed by atoms with E-state index in [1.54, 1.807) is 19.1 Å². The summed E-state index contributed by atoms with van der Waals surface area (Å²) in [6.07, 6.45) is 0.00404.